The molecular formula is C13H13NO6. The van der Waals surface area contributed by atoms with Crippen LogP contribution in [0.4, 0.5) is 0 Å². The summed E-state index contributed by atoms with van der Waals surface area (Å²) < 4.78 is 0. The Balaban J connectivity index is 2.35. The van der Waals surface area contributed by atoms with Gasteiger partial charge in [0, 0.05) is 6.54 Å². The van der Waals surface area contributed by atoms with Crippen LogP contribution in [0.5, 0.6) is 0 Å². The molecule has 7 nitrogen and oxygen atoms in total. The number of amides is 2. The Labute approximate surface area is 114 Å². The number of aliphatic hydroxyl groups is 2. The normalized spacial score (nSPS) is 14.6. The van der Waals surface area contributed by atoms with Crippen LogP contribution in [-0.2, 0) is 4.79 Å². The Hall–Kier alpha value is -2.25. The molecule has 1 aliphatic rings. The minimum absolute atomic E-state index is 0.188. The molecule has 2 rings (SSSR count). The highest BCUT2D eigenvalue weighted by Gasteiger charge is 2.45. The summed E-state index contributed by atoms with van der Waals surface area (Å²) in [7, 11) is 0. The number of hydrogen-bond acceptors (Lipinski definition) is 5. The number of aliphatic carboxylic acids is 1. The summed E-state index contributed by atoms with van der Waals surface area (Å²) in [5.74, 6) is -2.73. The van der Waals surface area contributed by atoms with Gasteiger partial charge in [-0.05, 0) is 12.1 Å². The molecule has 7 heteroatoms. The monoisotopic (exact) mass is 279 g/mol. The van der Waals surface area contributed by atoms with Crippen molar-refractivity contribution in [3.8, 4) is 0 Å². The van der Waals surface area contributed by atoms with E-state index in [4.69, 9.17) is 5.11 Å². The van der Waals surface area contributed by atoms with Crippen molar-refractivity contribution in [2.24, 2.45) is 5.41 Å². The second kappa shape index (κ2) is 5.03. The summed E-state index contributed by atoms with van der Waals surface area (Å²) in [6.45, 7) is -2.35. The Bertz CT molecular complexity index is 543. The molecule has 106 valence electrons. The van der Waals surface area contributed by atoms with Crippen molar-refractivity contribution in [1.82, 2.24) is 4.90 Å². The zero-order valence-corrected chi connectivity index (χ0v) is 10.4. The highest BCUT2D eigenvalue weighted by atomic mass is 16.4. The van der Waals surface area contributed by atoms with E-state index in [1.54, 1.807) is 12.1 Å². The molecule has 20 heavy (non-hydrogen) atoms. The van der Waals surface area contributed by atoms with E-state index < -0.39 is 43.0 Å². The fraction of sp³-hybridized carbons (Fsp3) is 0.308. The van der Waals surface area contributed by atoms with E-state index in [1.807, 2.05) is 0 Å². The molecule has 1 heterocycles. The van der Waals surface area contributed by atoms with Crippen molar-refractivity contribution in [3.63, 3.8) is 0 Å². The largest absolute Gasteiger partial charge is 0.481 e. The molecule has 1 aromatic carbocycles. The molecule has 3 N–H and O–H groups in total. The first-order valence-electron chi connectivity index (χ1n) is 5.87. The molecule has 0 fully saturated rings. The van der Waals surface area contributed by atoms with Crippen molar-refractivity contribution < 1.29 is 29.7 Å². The van der Waals surface area contributed by atoms with Gasteiger partial charge in [-0.15, -0.1) is 0 Å². The number of hydrogen-bond donors (Lipinski definition) is 3. The van der Waals surface area contributed by atoms with E-state index in [2.05, 4.69) is 0 Å². The fourth-order valence-corrected chi connectivity index (χ4v) is 2.04. The zero-order chi connectivity index (χ0) is 14.9. The maximum Gasteiger partial charge on any atom is 0.316 e. The lowest BCUT2D eigenvalue weighted by Gasteiger charge is -2.28. The number of rotatable bonds is 5. The van der Waals surface area contributed by atoms with E-state index in [0.717, 1.165) is 4.90 Å². The molecule has 1 aromatic rings. The second-order valence-electron chi connectivity index (χ2n) is 4.64. The summed E-state index contributed by atoms with van der Waals surface area (Å²) in [4.78, 5) is 36.1. The first-order valence-corrected chi connectivity index (χ1v) is 5.87. The van der Waals surface area contributed by atoms with E-state index in [0.29, 0.717) is 0 Å². The number of benzene rings is 1. The molecule has 0 radical (unpaired) electrons. The standard InChI is InChI=1S/C13H13NO6/c15-6-13(7-16,12(19)20)5-14-10(17)8-3-1-2-4-9(8)11(14)18/h1-4,15-16H,5-7H2,(H,19,20). The van der Waals surface area contributed by atoms with Crippen LogP contribution in [0.15, 0.2) is 24.3 Å². The second-order valence-corrected chi connectivity index (χ2v) is 4.64. The maximum atomic E-state index is 12.1. The number of carbonyl (C=O) groups excluding carboxylic acids is 2. The Morgan fingerprint density at radius 2 is 1.50 bits per heavy atom. The van der Waals surface area contributed by atoms with Gasteiger partial charge in [0.25, 0.3) is 11.8 Å². The van der Waals surface area contributed by atoms with Crippen LogP contribution in [0.1, 0.15) is 20.7 Å². The van der Waals surface area contributed by atoms with Crippen LogP contribution in [0.3, 0.4) is 0 Å². The van der Waals surface area contributed by atoms with Crippen LogP contribution in [0.2, 0.25) is 0 Å². The van der Waals surface area contributed by atoms with Crippen molar-refractivity contribution in [3.05, 3.63) is 35.4 Å². The average molecular weight is 279 g/mol. The third-order valence-corrected chi connectivity index (χ3v) is 3.40. The van der Waals surface area contributed by atoms with Gasteiger partial charge in [-0.2, -0.15) is 0 Å². The van der Waals surface area contributed by atoms with E-state index in [1.165, 1.54) is 12.1 Å². The first kappa shape index (κ1) is 14.2. The van der Waals surface area contributed by atoms with Gasteiger partial charge >= 0.3 is 5.97 Å². The summed E-state index contributed by atoms with van der Waals surface area (Å²) in [6.07, 6.45) is 0. The third kappa shape index (κ3) is 1.97. The summed E-state index contributed by atoms with van der Waals surface area (Å²) in [5.41, 5.74) is -1.59. The molecule has 0 aromatic heterocycles. The molecule has 0 unspecified atom stereocenters. The lowest BCUT2D eigenvalue weighted by atomic mass is 9.89. The lowest BCUT2D eigenvalue weighted by Crippen LogP contribution is -2.50. The van der Waals surface area contributed by atoms with Crippen LogP contribution in [0.25, 0.3) is 0 Å². The van der Waals surface area contributed by atoms with Crippen LogP contribution in [0, 0.1) is 5.41 Å². The number of carbonyl (C=O) groups is 3. The third-order valence-electron chi connectivity index (χ3n) is 3.40. The molecule has 0 atom stereocenters. The van der Waals surface area contributed by atoms with Crippen molar-refractivity contribution in [2.45, 2.75) is 0 Å². The molecule has 0 saturated carbocycles. The minimum Gasteiger partial charge on any atom is -0.481 e. The average Bonchev–Trinajstić information content (AvgIpc) is 2.69. The Morgan fingerprint density at radius 1 is 1.05 bits per heavy atom. The predicted octanol–water partition coefficient (Wildman–Crippen LogP) is -0.662. The molecule has 0 spiro atoms. The summed E-state index contributed by atoms with van der Waals surface area (Å²) >= 11 is 0. The van der Waals surface area contributed by atoms with Crippen molar-refractivity contribution >= 4 is 17.8 Å². The predicted molar refractivity (Wildman–Crippen MR) is 66.0 cm³/mol. The van der Waals surface area contributed by atoms with E-state index in [-0.39, 0.29) is 11.1 Å². The number of carboxylic acids is 1. The molecule has 0 bridgehead atoms. The van der Waals surface area contributed by atoms with Gasteiger partial charge in [-0.1, -0.05) is 12.1 Å². The number of fused-ring (bicyclic) bond motifs is 1. The Kier molecular flexibility index (Phi) is 3.56. The number of aliphatic hydroxyl groups excluding tert-OH is 2. The van der Waals surface area contributed by atoms with Gasteiger partial charge in [0.1, 0.15) is 5.41 Å². The van der Waals surface area contributed by atoms with Gasteiger partial charge in [-0.25, -0.2) is 0 Å². The van der Waals surface area contributed by atoms with Crippen molar-refractivity contribution in [2.75, 3.05) is 19.8 Å². The number of carboxylic acid groups (broad SMARTS) is 1. The molecule has 0 aliphatic carbocycles. The molecule has 2 amide bonds. The highest BCUT2D eigenvalue weighted by Crippen LogP contribution is 2.27. The SMILES string of the molecule is O=C1c2ccccc2C(=O)N1CC(CO)(CO)C(=O)O. The van der Waals surface area contributed by atoms with Crippen molar-refractivity contribution in [1.29, 1.82) is 0 Å². The number of imide groups is 1. The van der Waals surface area contributed by atoms with Crippen LogP contribution in [-0.4, -0.2) is 57.8 Å². The van der Waals surface area contributed by atoms with E-state index in [9.17, 15) is 24.6 Å². The lowest BCUT2D eigenvalue weighted by molar-refractivity contribution is -0.155. The molecular weight excluding hydrogens is 266 g/mol. The highest BCUT2D eigenvalue weighted by molar-refractivity contribution is 6.21. The summed E-state index contributed by atoms with van der Waals surface area (Å²) in [6, 6.07) is 6.12. The van der Waals surface area contributed by atoms with E-state index >= 15 is 0 Å². The molecule has 1 aliphatic heterocycles. The maximum absolute atomic E-state index is 12.1. The van der Waals surface area contributed by atoms with Gasteiger partial charge in [0.05, 0.1) is 24.3 Å². The quantitative estimate of drug-likeness (QED) is 0.616. The Morgan fingerprint density at radius 3 is 1.85 bits per heavy atom. The molecule has 0 saturated heterocycles. The smallest absolute Gasteiger partial charge is 0.316 e. The topological polar surface area (TPSA) is 115 Å². The van der Waals surface area contributed by atoms with Gasteiger partial charge in [0.2, 0.25) is 0 Å². The van der Waals surface area contributed by atoms with Gasteiger partial charge in [-0.3, -0.25) is 19.3 Å². The van der Waals surface area contributed by atoms with Gasteiger partial charge < -0.3 is 15.3 Å². The van der Waals surface area contributed by atoms with Crippen LogP contribution < -0.4 is 0 Å². The first-order chi connectivity index (χ1) is 9.46. The number of nitrogens with zero attached hydrogens (tertiary/aromatic N) is 1. The van der Waals surface area contributed by atoms with Crippen LogP contribution >= 0.6 is 0 Å². The minimum atomic E-state index is -1.96. The summed E-state index contributed by atoms with van der Waals surface area (Å²) in [5, 5.41) is 27.5. The zero-order valence-electron chi connectivity index (χ0n) is 10.4. The van der Waals surface area contributed by atoms with Gasteiger partial charge in [0.15, 0.2) is 0 Å². The fourth-order valence-electron chi connectivity index (χ4n) is 2.04.